The van der Waals surface area contributed by atoms with Gasteiger partial charge in [0.1, 0.15) is 5.78 Å². The lowest BCUT2D eigenvalue weighted by Gasteiger charge is -2.09. The average Bonchev–Trinajstić information content (AvgIpc) is 2.82. The molecule has 0 aromatic heterocycles. The highest BCUT2D eigenvalue weighted by Gasteiger charge is 2.05. The number of ketones is 1. The molecule has 0 rings (SSSR count). The topological polar surface area (TPSA) is 141 Å². The summed E-state index contributed by atoms with van der Waals surface area (Å²) in [5.74, 6) is -0.156. The lowest BCUT2D eigenvalue weighted by molar-refractivity contribution is -0.125. The molecule has 0 aliphatic heterocycles. The summed E-state index contributed by atoms with van der Waals surface area (Å²) in [5.41, 5.74) is 0. The normalized spacial score (nSPS) is 10.6. The first kappa shape index (κ1) is 31.9. The van der Waals surface area contributed by atoms with E-state index >= 15 is 0 Å². The predicted octanol–water partition coefficient (Wildman–Crippen LogP) is 0.351. The number of carbonyl (C=O) groups is 4. The summed E-state index contributed by atoms with van der Waals surface area (Å²) in [6, 6.07) is 0. The Kier molecular flexibility index (Phi) is 22.6. The predicted molar refractivity (Wildman–Crippen MR) is 126 cm³/mol. The van der Waals surface area contributed by atoms with Gasteiger partial charge in [-0.1, -0.05) is 13.8 Å². The van der Waals surface area contributed by atoms with E-state index in [2.05, 4.69) is 16.0 Å². The molecule has 0 heterocycles. The molecular weight excluding hydrogens is 446 g/mol. The Morgan fingerprint density at radius 3 is 1.35 bits per heavy atom. The second kappa shape index (κ2) is 24.1. The number of carbonyl (C=O) groups excluding carboxylic acids is 4. The first-order valence-electron chi connectivity index (χ1n) is 12.1. The van der Waals surface area contributed by atoms with Crippen molar-refractivity contribution in [3.8, 4) is 0 Å². The maximum Gasteiger partial charge on any atom is 0.222 e. The quantitative estimate of drug-likeness (QED) is 0.165. The van der Waals surface area contributed by atoms with Crippen molar-refractivity contribution in [2.24, 2.45) is 0 Å². The number of rotatable bonds is 24. The van der Waals surface area contributed by atoms with E-state index in [0.717, 1.165) is 6.42 Å². The van der Waals surface area contributed by atoms with Crippen LogP contribution in [0.4, 0.5) is 0 Å². The minimum atomic E-state index is -0.152. The van der Waals surface area contributed by atoms with E-state index in [4.69, 9.17) is 18.9 Å². The van der Waals surface area contributed by atoms with Gasteiger partial charge >= 0.3 is 0 Å². The van der Waals surface area contributed by atoms with Crippen molar-refractivity contribution >= 4 is 23.5 Å². The molecule has 0 unspecified atom stereocenters. The number of nitrogens with one attached hydrogen (secondary N) is 3. The van der Waals surface area contributed by atoms with Crippen LogP contribution in [0.15, 0.2) is 0 Å². The number of ether oxygens (including phenoxy) is 4. The molecule has 0 aromatic carbocycles. The monoisotopic (exact) mass is 489 g/mol. The third-order valence-corrected chi connectivity index (χ3v) is 4.43. The highest BCUT2D eigenvalue weighted by atomic mass is 16.5. The Morgan fingerprint density at radius 1 is 0.500 bits per heavy atom. The molecule has 0 atom stereocenters. The van der Waals surface area contributed by atoms with E-state index in [9.17, 15) is 19.2 Å². The van der Waals surface area contributed by atoms with Gasteiger partial charge in [0.05, 0.1) is 52.9 Å². The zero-order chi connectivity index (χ0) is 25.3. The minimum Gasteiger partial charge on any atom is -0.379 e. The minimum absolute atomic E-state index is 0.0309. The molecule has 34 heavy (non-hydrogen) atoms. The van der Waals surface area contributed by atoms with Gasteiger partial charge in [-0.2, -0.15) is 0 Å². The van der Waals surface area contributed by atoms with E-state index in [1.807, 2.05) is 6.92 Å². The molecule has 0 spiro atoms. The van der Waals surface area contributed by atoms with Gasteiger partial charge in [0.15, 0.2) is 0 Å². The molecule has 0 aliphatic rings. The summed E-state index contributed by atoms with van der Waals surface area (Å²) in [6.07, 6.45) is 2.55. The van der Waals surface area contributed by atoms with Crippen LogP contribution in [-0.4, -0.2) is 96.0 Å². The smallest absolute Gasteiger partial charge is 0.222 e. The van der Waals surface area contributed by atoms with Crippen molar-refractivity contribution in [2.45, 2.75) is 52.4 Å². The summed E-state index contributed by atoms with van der Waals surface area (Å²) < 4.78 is 21.4. The van der Waals surface area contributed by atoms with Gasteiger partial charge in [0, 0.05) is 51.7 Å². The van der Waals surface area contributed by atoms with Crippen molar-refractivity contribution < 1.29 is 38.1 Å². The highest BCUT2D eigenvalue weighted by Crippen LogP contribution is 1.94. The highest BCUT2D eigenvalue weighted by molar-refractivity contribution is 5.84. The maximum atomic E-state index is 11.7. The van der Waals surface area contributed by atoms with Gasteiger partial charge in [-0.05, 0) is 6.42 Å². The Balaban J connectivity index is 3.30. The summed E-state index contributed by atoms with van der Waals surface area (Å²) >= 11 is 0. The molecule has 0 saturated heterocycles. The van der Waals surface area contributed by atoms with Crippen LogP contribution in [0.2, 0.25) is 0 Å². The summed E-state index contributed by atoms with van der Waals surface area (Å²) in [5, 5.41) is 8.19. The molecule has 0 bridgehead atoms. The average molecular weight is 490 g/mol. The fraction of sp³-hybridized carbons (Fsp3) is 0.826. The van der Waals surface area contributed by atoms with E-state index in [1.54, 1.807) is 6.92 Å². The van der Waals surface area contributed by atoms with E-state index in [-0.39, 0.29) is 42.8 Å². The lowest BCUT2D eigenvalue weighted by atomic mass is 10.2. The Labute approximate surface area is 203 Å². The van der Waals surface area contributed by atoms with Crippen LogP contribution >= 0.6 is 0 Å². The number of Topliss-reactive ketones (excluding diaryl/α,β-unsaturated/α-hetero) is 1. The van der Waals surface area contributed by atoms with Gasteiger partial charge < -0.3 is 34.9 Å². The number of hydrogen-bond acceptors (Lipinski definition) is 8. The van der Waals surface area contributed by atoms with Crippen molar-refractivity contribution in [2.75, 3.05) is 72.5 Å². The first-order chi connectivity index (χ1) is 16.5. The fourth-order valence-corrected chi connectivity index (χ4v) is 2.52. The van der Waals surface area contributed by atoms with Gasteiger partial charge in [0.25, 0.3) is 0 Å². The number of hydrogen-bond donors (Lipinski definition) is 3. The van der Waals surface area contributed by atoms with Gasteiger partial charge in [-0.15, -0.1) is 0 Å². The van der Waals surface area contributed by atoms with Gasteiger partial charge in [0.2, 0.25) is 17.7 Å². The van der Waals surface area contributed by atoms with E-state index in [0.29, 0.717) is 85.3 Å². The molecule has 0 fully saturated rings. The number of amides is 3. The van der Waals surface area contributed by atoms with Gasteiger partial charge in [-0.25, -0.2) is 0 Å². The summed E-state index contributed by atoms with van der Waals surface area (Å²) in [4.78, 5) is 45.6. The third kappa shape index (κ3) is 23.1. The van der Waals surface area contributed by atoms with Crippen molar-refractivity contribution in [1.82, 2.24) is 16.0 Å². The molecule has 0 radical (unpaired) electrons. The molecule has 0 saturated carbocycles. The first-order valence-corrected chi connectivity index (χ1v) is 12.1. The maximum absolute atomic E-state index is 11.7. The van der Waals surface area contributed by atoms with Crippen LogP contribution in [-0.2, 0) is 38.1 Å². The van der Waals surface area contributed by atoms with Crippen molar-refractivity contribution in [1.29, 1.82) is 0 Å². The molecule has 3 amide bonds. The van der Waals surface area contributed by atoms with Crippen LogP contribution in [0.1, 0.15) is 52.4 Å². The molecule has 11 heteroatoms. The standard InChI is InChI=1S/C23H43N3O8/c1-3-5-21(28)24-9-13-32-17-16-31-12-8-23(30)26-11-15-34-19-18-33-14-10-25-22(29)7-6-20(27)4-2/h3-19H2,1-2H3,(H,24,28)(H,25,29)(H,26,30). The molecular formula is C23H43N3O8. The molecule has 0 aliphatic carbocycles. The van der Waals surface area contributed by atoms with Crippen LogP contribution in [0.5, 0.6) is 0 Å². The largest absolute Gasteiger partial charge is 0.379 e. The van der Waals surface area contributed by atoms with E-state index in [1.165, 1.54) is 0 Å². The molecule has 0 aromatic rings. The SMILES string of the molecule is CCCC(=O)NCCOCCOCCC(=O)NCCOCCOCCNC(=O)CCC(=O)CC. The van der Waals surface area contributed by atoms with Crippen molar-refractivity contribution in [3.05, 3.63) is 0 Å². The second-order valence-electron chi connectivity index (χ2n) is 7.39. The van der Waals surface area contributed by atoms with Crippen LogP contribution < -0.4 is 16.0 Å². The van der Waals surface area contributed by atoms with Crippen LogP contribution in [0.25, 0.3) is 0 Å². The molecule has 198 valence electrons. The van der Waals surface area contributed by atoms with Crippen LogP contribution in [0, 0.1) is 0 Å². The zero-order valence-corrected chi connectivity index (χ0v) is 20.8. The summed E-state index contributed by atoms with van der Waals surface area (Å²) in [6.45, 7) is 8.07. The van der Waals surface area contributed by atoms with E-state index < -0.39 is 0 Å². The Bertz CT molecular complexity index is 560. The Morgan fingerprint density at radius 2 is 0.912 bits per heavy atom. The van der Waals surface area contributed by atoms with Crippen molar-refractivity contribution in [3.63, 3.8) is 0 Å². The molecule has 3 N–H and O–H groups in total. The van der Waals surface area contributed by atoms with Gasteiger partial charge in [-0.3, -0.25) is 19.2 Å². The lowest BCUT2D eigenvalue weighted by Crippen LogP contribution is -2.29. The molecule has 11 nitrogen and oxygen atoms in total. The zero-order valence-electron chi connectivity index (χ0n) is 20.8. The Hall–Kier alpha value is -2.08. The van der Waals surface area contributed by atoms with Crippen LogP contribution in [0.3, 0.4) is 0 Å². The second-order valence-corrected chi connectivity index (χ2v) is 7.39. The fourth-order valence-electron chi connectivity index (χ4n) is 2.52. The third-order valence-electron chi connectivity index (χ3n) is 4.43. The summed E-state index contributed by atoms with van der Waals surface area (Å²) in [7, 11) is 0.